The Bertz CT molecular complexity index is 840. The van der Waals surface area contributed by atoms with E-state index in [0.717, 1.165) is 0 Å². The van der Waals surface area contributed by atoms with Gasteiger partial charge in [0.2, 0.25) is 0 Å². The quantitative estimate of drug-likeness (QED) is 0.264. The lowest BCUT2D eigenvalue weighted by Gasteiger charge is -2.07. The van der Waals surface area contributed by atoms with E-state index in [0.29, 0.717) is 20.4 Å². The SMILES string of the molecule is COc1cc(C=C(C#N)c2cccc([N+](=O)[O-])c2)cc(I)c1O. The van der Waals surface area contributed by atoms with E-state index in [1.54, 1.807) is 24.3 Å². The Balaban J connectivity index is 2.52. The third-order valence-electron chi connectivity index (χ3n) is 3.07. The van der Waals surface area contributed by atoms with Gasteiger partial charge in [0.25, 0.3) is 5.69 Å². The van der Waals surface area contributed by atoms with Crippen LogP contribution in [-0.2, 0) is 0 Å². The van der Waals surface area contributed by atoms with E-state index >= 15 is 0 Å². The molecule has 2 aromatic carbocycles. The van der Waals surface area contributed by atoms with Crippen molar-refractivity contribution in [2.75, 3.05) is 7.11 Å². The predicted octanol–water partition coefficient (Wildman–Crippen LogP) is 3.98. The van der Waals surface area contributed by atoms with Crippen LogP contribution < -0.4 is 4.74 Å². The largest absolute Gasteiger partial charge is 0.504 e. The summed E-state index contributed by atoms with van der Waals surface area (Å²) in [5, 5.41) is 30.0. The summed E-state index contributed by atoms with van der Waals surface area (Å²) >= 11 is 1.95. The summed E-state index contributed by atoms with van der Waals surface area (Å²) in [6, 6.07) is 11.2. The number of nitrogens with zero attached hydrogens (tertiary/aromatic N) is 2. The zero-order valence-corrected chi connectivity index (χ0v) is 14.1. The molecule has 0 bridgehead atoms. The van der Waals surface area contributed by atoms with E-state index in [2.05, 4.69) is 0 Å². The number of benzene rings is 2. The van der Waals surface area contributed by atoms with Crippen molar-refractivity contribution in [3.8, 4) is 17.6 Å². The van der Waals surface area contributed by atoms with Crippen LogP contribution >= 0.6 is 22.6 Å². The molecule has 0 saturated carbocycles. The lowest BCUT2D eigenvalue weighted by Crippen LogP contribution is -1.90. The van der Waals surface area contributed by atoms with Crippen LogP contribution in [-0.4, -0.2) is 17.1 Å². The second-order valence-electron chi connectivity index (χ2n) is 4.53. The molecule has 0 fully saturated rings. The van der Waals surface area contributed by atoms with Crippen LogP contribution in [0, 0.1) is 25.0 Å². The van der Waals surface area contributed by atoms with Gasteiger partial charge in [0.1, 0.15) is 0 Å². The first kappa shape index (κ1) is 16.8. The van der Waals surface area contributed by atoms with Crippen LogP contribution in [0.1, 0.15) is 11.1 Å². The Labute approximate surface area is 145 Å². The lowest BCUT2D eigenvalue weighted by atomic mass is 10.0. The highest BCUT2D eigenvalue weighted by molar-refractivity contribution is 14.1. The number of hydrogen-bond acceptors (Lipinski definition) is 5. The molecule has 2 rings (SSSR count). The van der Waals surface area contributed by atoms with Gasteiger partial charge in [-0.3, -0.25) is 10.1 Å². The fourth-order valence-electron chi connectivity index (χ4n) is 1.97. The molecule has 0 unspecified atom stereocenters. The third kappa shape index (κ3) is 3.78. The zero-order chi connectivity index (χ0) is 17.0. The van der Waals surface area contributed by atoms with Crippen LogP contribution in [0.4, 0.5) is 5.69 Å². The monoisotopic (exact) mass is 422 g/mol. The lowest BCUT2D eigenvalue weighted by molar-refractivity contribution is -0.384. The van der Waals surface area contributed by atoms with E-state index in [9.17, 15) is 20.5 Å². The van der Waals surface area contributed by atoms with Crippen molar-refractivity contribution < 1.29 is 14.8 Å². The number of ether oxygens (including phenoxy) is 1. The summed E-state index contributed by atoms with van der Waals surface area (Å²) < 4.78 is 5.66. The third-order valence-corrected chi connectivity index (χ3v) is 3.89. The number of rotatable bonds is 4. The molecular formula is C16H11IN2O4. The van der Waals surface area contributed by atoms with Gasteiger partial charge in [0.15, 0.2) is 11.5 Å². The number of phenols is 1. The van der Waals surface area contributed by atoms with Crippen molar-refractivity contribution >= 4 is 39.9 Å². The molecule has 0 amide bonds. The van der Waals surface area contributed by atoms with Gasteiger partial charge in [0, 0.05) is 12.1 Å². The molecule has 23 heavy (non-hydrogen) atoms. The maximum Gasteiger partial charge on any atom is 0.270 e. The minimum atomic E-state index is -0.509. The van der Waals surface area contributed by atoms with Gasteiger partial charge in [-0.1, -0.05) is 12.1 Å². The second kappa shape index (κ2) is 7.11. The van der Waals surface area contributed by atoms with Crippen molar-refractivity contribution in [2.45, 2.75) is 0 Å². The molecule has 2 aromatic rings. The molecule has 7 heteroatoms. The molecule has 0 spiro atoms. The summed E-state index contributed by atoms with van der Waals surface area (Å²) in [4.78, 5) is 10.3. The van der Waals surface area contributed by atoms with Crippen LogP contribution in [0.2, 0.25) is 0 Å². The zero-order valence-electron chi connectivity index (χ0n) is 12.0. The smallest absolute Gasteiger partial charge is 0.270 e. The first-order chi connectivity index (χ1) is 11.0. The first-order valence-electron chi connectivity index (χ1n) is 6.39. The van der Waals surface area contributed by atoms with Crippen molar-refractivity contribution in [3.63, 3.8) is 0 Å². The topological polar surface area (TPSA) is 96.4 Å². The Kier molecular flexibility index (Phi) is 5.18. The highest BCUT2D eigenvalue weighted by atomic mass is 127. The van der Waals surface area contributed by atoms with Gasteiger partial charge in [-0.25, -0.2) is 0 Å². The van der Waals surface area contributed by atoms with E-state index in [-0.39, 0.29) is 17.0 Å². The predicted molar refractivity (Wildman–Crippen MR) is 94.0 cm³/mol. The molecule has 116 valence electrons. The number of nitriles is 1. The Morgan fingerprint density at radius 1 is 1.43 bits per heavy atom. The standard InChI is InChI=1S/C16H11IN2O4/c1-23-15-7-10(6-14(17)16(15)20)5-12(9-18)11-3-2-4-13(8-11)19(21)22/h2-8,20H,1H3. The summed E-state index contributed by atoms with van der Waals surface area (Å²) in [6.07, 6.45) is 1.59. The number of hydrogen-bond donors (Lipinski definition) is 1. The Morgan fingerprint density at radius 2 is 2.17 bits per heavy atom. The van der Waals surface area contributed by atoms with E-state index < -0.39 is 4.92 Å². The van der Waals surface area contributed by atoms with Gasteiger partial charge >= 0.3 is 0 Å². The number of aromatic hydroxyl groups is 1. The van der Waals surface area contributed by atoms with Crippen molar-refractivity contribution in [1.29, 1.82) is 5.26 Å². The van der Waals surface area contributed by atoms with E-state index in [4.69, 9.17) is 4.74 Å². The fraction of sp³-hybridized carbons (Fsp3) is 0.0625. The number of methoxy groups -OCH3 is 1. The van der Waals surface area contributed by atoms with Crippen LogP contribution in [0.25, 0.3) is 11.6 Å². The van der Waals surface area contributed by atoms with Crippen molar-refractivity contribution in [2.24, 2.45) is 0 Å². The average Bonchev–Trinajstić information content (AvgIpc) is 2.55. The molecular weight excluding hydrogens is 411 g/mol. The van der Waals surface area contributed by atoms with Crippen molar-refractivity contribution in [1.82, 2.24) is 0 Å². The van der Waals surface area contributed by atoms with Gasteiger partial charge < -0.3 is 9.84 Å². The molecule has 0 heterocycles. The van der Waals surface area contributed by atoms with Gasteiger partial charge in [-0.15, -0.1) is 0 Å². The minimum Gasteiger partial charge on any atom is -0.504 e. The summed E-state index contributed by atoms with van der Waals surface area (Å²) in [5.41, 5.74) is 1.29. The minimum absolute atomic E-state index is 0.0270. The van der Waals surface area contributed by atoms with Crippen LogP contribution in [0.3, 0.4) is 0 Å². The van der Waals surface area contributed by atoms with Gasteiger partial charge in [0.05, 0.1) is 27.2 Å². The van der Waals surface area contributed by atoms with Crippen LogP contribution in [0.5, 0.6) is 11.5 Å². The maximum absolute atomic E-state index is 10.8. The molecule has 1 N–H and O–H groups in total. The molecule has 0 aliphatic rings. The summed E-state index contributed by atoms with van der Waals surface area (Å²) in [7, 11) is 1.43. The van der Waals surface area contributed by atoms with E-state index in [1.165, 1.54) is 25.3 Å². The van der Waals surface area contributed by atoms with Gasteiger partial charge in [-0.05, 0) is 51.9 Å². The maximum atomic E-state index is 10.8. The Hall–Kier alpha value is -2.60. The van der Waals surface area contributed by atoms with E-state index in [1.807, 2.05) is 28.7 Å². The highest BCUT2D eigenvalue weighted by Crippen LogP contribution is 2.33. The number of nitro benzene ring substituents is 1. The first-order valence-corrected chi connectivity index (χ1v) is 7.47. The molecule has 0 saturated heterocycles. The number of allylic oxidation sites excluding steroid dienone is 1. The number of nitro groups is 1. The van der Waals surface area contributed by atoms with Gasteiger partial charge in [-0.2, -0.15) is 5.26 Å². The molecule has 0 aliphatic carbocycles. The summed E-state index contributed by atoms with van der Waals surface area (Å²) in [6.45, 7) is 0. The summed E-state index contributed by atoms with van der Waals surface area (Å²) in [5.74, 6) is 0.318. The normalized spacial score (nSPS) is 10.9. The number of phenolic OH excluding ortho intramolecular Hbond substituents is 1. The molecule has 0 atom stereocenters. The number of non-ortho nitro benzene ring substituents is 1. The molecule has 0 aromatic heterocycles. The van der Waals surface area contributed by atoms with Crippen molar-refractivity contribution in [3.05, 3.63) is 61.2 Å². The molecule has 6 nitrogen and oxygen atoms in total. The Morgan fingerprint density at radius 3 is 2.78 bits per heavy atom. The molecule has 0 radical (unpaired) electrons. The number of halogens is 1. The fourth-order valence-corrected chi connectivity index (χ4v) is 2.59. The average molecular weight is 422 g/mol. The molecule has 0 aliphatic heterocycles. The van der Waals surface area contributed by atoms with Crippen LogP contribution in [0.15, 0.2) is 36.4 Å². The highest BCUT2D eigenvalue weighted by Gasteiger charge is 2.11. The second-order valence-corrected chi connectivity index (χ2v) is 5.69.